The number of piperazine rings is 1. The van der Waals surface area contributed by atoms with Crippen LogP contribution in [0.5, 0.6) is 0 Å². The Morgan fingerprint density at radius 3 is 2.21 bits per heavy atom. The Kier molecular flexibility index (Phi) is 9.01. The minimum atomic E-state index is -0.859. The zero-order valence-corrected chi connectivity index (χ0v) is 33.2. The van der Waals surface area contributed by atoms with Crippen LogP contribution in [0.4, 0.5) is 0 Å². The number of hydrogen-bond donors (Lipinski definition) is 2. The second kappa shape index (κ2) is 12.8. The van der Waals surface area contributed by atoms with Crippen LogP contribution in [0, 0.1) is 57.2 Å². The Labute approximate surface area is 314 Å². The number of amides is 1. The van der Waals surface area contributed by atoms with Crippen molar-refractivity contribution in [2.75, 3.05) is 39.3 Å². The summed E-state index contributed by atoms with van der Waals surface area (Å²) in [6.07, 6.45) is 16.3. The number of aromatic carboxylic acids is 1. The summed E-state index contributed by atoms with van der Waals surface area (Å²) in [5.41, 5.74) is 5.46. The number of carboxylic acid groups (broad SMARTS) is 1. The Morgan fingerprint density at radius 1 is 0.846 bits per heavy atom. The number of allylic oxidation sites excluding steroid dienone is 3. The van der Waals surface area contributed by atoms with Crippen LogP contribution < -0.4 is 5.32 Å². The molecule has 0 spiro atoms. The molecule has 1 heterocycles. The van der Waals surface area contributed by atoms with Crippen LogP contribution in [-0.2, 0) is 4.79 Å². The fourth-order valence-corrected chi connectivity index (χ4v) is 14.6. The molecule has 0 aromatic heterocycles. The average molecular weight is 710 g/mol. The van der Waals surface area contributed by atoms with E-state index in [4.69, 9.17) is 0 Å². The van der Waals surface area contributed by atoms with Gasteiger partial charge in [-0.05, 0) is 152 Å². The van der Waals surface area contributed by atoms with E-state index in [0.29, 0.717) is 57.8 Å². The third-order valence-corrected chi connectivity index (χ3v) is 17.6. The van der Waals surface area contributed by atoms with Gasteiger partial charge in [-0.15, -0.1) is 0 Å². The van der Waals surface area contributed by atoms with Gasteiger partial charge in [-0.2, -0.15) is 0 Å². The van der Waals surface area contributed by atoms with E-state index in [-0.39, 0.29) is 16.4 Å². The minimum absolute atomic E-state index is 0.0261. The molecule has 0 bridgehead atoms. The zero-order valence-electron chi connectivity index (χ0n) is 33.2. The summed E-state index contributed by atoms with van der Waals surface area (Å²) in [4.78, 5) is 28.9. The second-order valence-corrected chi connectivity index (χ2v) is 20.1. The fraction of sp³-hybridized carbons (Fsp3) is 0.739. The molecule has 6 heteroatoms. The first kappa shape index (κ1) is 36.5. The molecule has 1 saturated heterocycles. The molecule has 284 valence electrons. The Bertz CT molecular complexity index is 1620. The number of carbonyl (C=O) groups is 2. The molecule has 5 saturated carbocycles. The molecule has 2 N–H and O–H groups in total. The predicted molar refractivity (Wildman–Crippen MR) is 210 cm³/mol. The third kappa shape index (κ3) is 5.53. The number of nitrogens with zero attached hydrogens (tertiary/aromatic N) is 2. The van der Waals surface area contributed by atoms with Crippen LogP contribution in [0.15, 0.2) is 42.5 Å². The van der Waals surface area contributed by atoms with Crippen molar-refractivity contribution < 1.29 is 14.7 Å². The van der Waals surface area contributed by atoms with Crippen molar-refractivity contribution >= 4 is 17.4 Å². The average Bonchev–Trinajstić information content (AvgIpc) is 3.89. The second-order valence-electron chi connectivity index (χ2n) is 20.1. The third-order valence-electron chi connectivity index (χ3n) is 17.6. The number of rotatable bonds is 8. The van der Waals surface area contributed by atoms with E-state index in [1.165, 1.54) is 68.1 Å². The monoisotopic (exact) mass is 710 g/mol. The lowest BCUT2D eigenvalue weighted by Gasteiger charge is -2.72. The molecule has 0 radical (unpaired) electrons. The molecule has 6 fully saturated rings. The van der Waals surface area contributed by atoms with Crippen LogP contribution in [0.2, 0.25) is 0 Å². The first-order chi connectivity index (χ1) is 24.6. The van der Waals surface area contributed by atoms with Gasteiger partial charge in [0.15, 0.2) is 0 Å². The number of nitrogens with one attached hydrogen (secondary N) is 1. The molecule has 1 amide bonds. The molecule has 1 aliphatic heterocycles. The summed E-state index contributed by atoms with van der Waals surface area (Å²) in [6, 6.07) is 7.64. The van der Waals surface area contributed by atoms with Gasteiger partial charge < -0.3 is 15.3 Å². The van der Waals surface area contributed by atoms with Gasteiger partial charge in [0.05, 0.1) is 5.56 Å². The fourth-order valence-electron chi connectivity index (χ4n) is 14.6. The first-order valence-electron chi connectivity index (χ1n) is 21.1. The Hall–Kier alpha value is -2.44. The van der Waals surface area contributed by atoms with Crippen molar-refractivity contribution in [1.82, 2.24) is 15.1 Å². The predicted octanol–water partition coefficient (Wildman–Crippen LogP) is 8.93. The number of carboxylic acids is 1. The topological polar surface area (TPSA) is 72.9 Å². The highest BCUT2D eigenvalue weighted by atomic mass is 16.4. The van der Waals surface area contributed by atoms with Gasteiger partial charge in [-0.25, -0.2) is 4.79 Å². The lowest BCUT2D eigenvalue weighted by molar-refractivity contribution is -0.219. The Balaban J connectivity index is 1.01. The highest BCUT2D eigenvalue weighted by molar-refractivity contribution is 5.88. The molecule has 9 atom stereocenters. The molecule has 7 aliphatic rings. The summed E-state index contributed by atoms with van der Waals surface area (Å²) >= 11 is 0. The van der Waals surface area contributed by atoms with Gasteiger partial charge in [0, 0.05) is 50.7 Å². The smallest absolute Gasteiger partial charge is 0.335 e. The van der Waals surface area contributed by atoms with Crippen molar-refractivity contribution in [3.63, 3.8) is 0 Å². The molecule has 4 unspecified atom stereocenters. The van der Waals surface area contributed by atoms with Crippen LogP contribution in [0.1, 0.15) is 128 Å². The molecule has 8 rings (SSSR count). The highest BCUT2D eigenvalue weighted by Crippen LogP contribution is 2.76. The lowest BCUT2D eigenvalue weighted by atomic mass is 9.33. The van der Waals surface area contributed by atoms with Gasteiger partial charge >= 0.3 is 5.97 Å². The standard InChI is InChI=1S/C46H67N3O3/c1-30(2)34-16-21-46(47-24-25-48-26-28-49(29-27-48)40(50)32-10-11-32)23-22-44(6)36(39(34)46)14-15-38-43(5)19-17-35(31-8-12-33(13-9-31)41(51)52)42(3,4)37(43)18-20-45(38,44)7/h8-9,12-13,17,32,34,36-39,47H,1,10-11,14-16,18-29H2,2-7H3,(H,51,52)/t34-,36?,37?,38?,39?,43-,44+,45+,46-/m0/s1. The highest BCUT2D eigenvalue weighted by Gasteiger charge is 2.70. The quantitative estimate of drug-likeness (QED) is 0.264. The molecular weight excluding hydrogens is 643 g/mol. The molecule has 1 aromatic rings. The van der Waals surface area contributed by atoms with E-state index in [1.54, 1.807) is 12.1 Å². The first-order valence-corrected chi connectivity index (χ1v) is 21.1. The summed E-state index contributed by atoms with van der Waals surface area (Å²) in [5.74, 6) is 3.15. The van der Waals surface area contributed by atoms with Crippen LogP contribution in [-0.4, -0.2) is 71.6 Å². The number of fused-ring (bicyclic) bond motifs is 7. The molecule has 6 nitrogen and oxygen atoms in total. The lowest BCUT2D eigenvalue weighted by Crippen LogP contribution is -2.68. The van der Waals surface area contributed by atoms with Crippen molar-refractivity contribution in [2.45, 2.75) is 118 Å². The van der Waals surface area contributed by atoms with Crippen molar-refractivity contribution in [3.05, 3.63) is 53.6 Å². The van der Waals surface area contributed by atoms with Gasteiger partial charge in [0.1, 0.15) is 0 Å². The van der Waals surface area contributed by atoms with Gasteiger partial charge in [-0.1, -0.05) is 65.0 Å². The molecule has 6 aliphatic carbocycles. The normalized spacial score (nSPS) is 41.2. The minimum Gasteiger partial charge on any atom is -0.478 e. The van der Waals surface area contributed by atoms with Crippen molar-refractivity contribution in [3.8, 4) is 0 Å². The van der Waals surface area contributed by atoms with E-state index >= 15 is 0 Å². The van der Waals surface area contributed by atoms with Gasteiger partial charge in [0.2, 0.25) is 5.91 Å². The van der Waals surface area contributed by atoms with Gasteiger partial charge in [0.25, 0.3) is 0 Å². The van der Waals surface area contributed by atoms with Crippen LogP contribution in [0.3, 0.4) is 0 Å². The van der Waals surface area contributed by atoms with Crippen molar-refractivity contribution in [1.29, 1.82) is 0 Å². The number of carbonyl (C=O) groups excluding carboxylic acids is 1. The zero-order chi connectivity index (χ0) is 36.8. The summed E-state index contributed by atoms with van der Waals surface area (Å²) in [7, 11) is 0. The summed E-state index contributed by atoms with van der Waals surface area (Å²) in [6.45, 7) is 26.0. The largest absolute Gasteiger partial charge is 0.478 e. The van der Waals surface area contributed by atoms with E-state index in [9.17, 15) is 14.7 Å². The van der Waals surface area contributed by atoms with E-state index < -0.39 is 5.97 Å². The number of hydrogen-bond acceptors (Lipinski definition) is 4. The SMILES string of the molecule is C=C(C)[C@@H]1CC[C@]2(NCCN3CCN(C(=O)C4CC4)CC3)CC[C@]3(C)C(CCC4[C@@]5(C)CC=C(c6ccc(C(=O)O)cc6)C(C)(C)C5CC[C@]43C)C12. The Morgan fingerprint density at radius 2 is 1.56 bits per heavy atom. The summed E-state index contributed by atoms with van der Waals surface area (Å²) < 4.78 is 0. The van der Waals surface area contributed by atoms with Crippen molar-refractivity contribution in [2.24, 2.45) is 57.2 Å². The molecule has 1 aromatic carbocycles. The summed E-state index contributed by atoms with van der Waals surface area (Å²) in [5, 5.41) is 13.8. The van der Waals surface area contributed by atoms with E-state index in [2.05, 4.69) is 69.3 Å². The molecule has 52 heavy (non-hydrogen) atoms. The van der Waals surface area contributed by atoms with E-state index in [1.807, 2.05) is 12.1 Å². The van der Waals surface area contributed by atoms with Crippen LogP contribution in [0.25, 0.3) is 5.57 Å². The van der Waals surface area contributed by atoms with Crippen LogP contribution >= 0.6 is 0 Å². The van der Waals surface area contributed by atoms with Gasteiger partial charge in [-0.3, -0.25) is 9.69 Å². The van der Waals surface area contributed by atoms with E-state index in [0.717, 1.165) is 58.5 Å². The maximum Gasteiger partial charge on any atom is 0.335 e. The number of benzene rings is 1. The molecular formula is C46H67N3O3. The maximum absolute atomic E-state index is 12.6. The maximum atomic E-state index is 12.6.